The Bertz CT molecular complexity index is 324. The summed E-state index contributed by atoms with van der Waals surface area (Å²) in [6.45, 7) is 8.97. The summed E-state index contributed by atoms with van der Waals surface area (Å²) in [5, 5.41) is 16.9. The molecule has 0 bridgehead atoms. The summed E-state index contributed by atoms with van der Waals surface area (Å²) in [5.74, 6) is 0.783. The van der Waals surface area contributed by atoms with Crippen LogP contribution in [0.1, 0.15) is 72.1 Å². The van der Waals surface area contributed by atoms with E-state index in [2.05, 4.69) is 22.5 Å². The minimum absolute atomic E-state index is 0.438. The van der Waals surface area contributed by atoms with E-state index in [9.17, 15) is 5.11 Å². The monoisotopic (exact) mass is 327 g/mol. The van der Waals surface area contributed by atoms with Crippen molar-refractivity contribution in [1.82, 2.24) is 10.6 Å². The van der Waals surface area contributed by atoms with E-state index in [0.29, 0.717) is 12.6 Å². The van der Waals surface area contributed by atoms with Crippen LogP contribution in [0, 0.1) is 0 Å². The molecule has 0 saturated heterocycles. The average Bonchev–Trinajstić information content (AvgIpc) is 2.60. The van der Waals surface area contributed by atoms with Crippen LogP contribution in [0.25, 0.3) is 0 Å². The van der Waals surface area contributed by atoms with E-state index in [0.717, 1.165) is 44.9 Å². The summed E-state index contributed by atoms with van der Waals surface area (Å²) >= 11 is 0. The highest BCUT2D eigenvalue weighted by Gasteiger charge is 2.21. The molecule has 23 heavy (non-hydrogen) atoms. The Hall–Kier alpha value is -0.810. The highest BCUT2D eigenvalue weighted by atomic mass is 16.5. The molecule has 0 aromatic rings. The van der Waals surface area contributed by atoms with E-state index in [-0.39, 0.29) is 0 Å². The third kappa shape index (κ3) is 8.56. The number of hydrogen-bond acceptors (Lipinski definition) is 3. The van der Waals surface area contributed by atoms with Crippen molar-refractivity contribution in [3.63, 3.8) is 0 Å². The van der Waals surface area contributed by atoms with Crippen LogP contribution < -0.4 is 10.6 Å². The van der Waals surface area contributed by atoms with Crippen LogP contribution in [0.4, 0.5) is 0 Å². The minimum atomic E-state index is -0.688. The Balaban J connectivity index is 2.23. The van der Waals surface area contributed by atoms with E-state index >= 15 is 0 Å². The number of hydrogen-bond donors (Lipinski definition) is 3. The predicted octanol–water partition coefficient (Wildman–Crippen LogP) is 2.83. The van der Waals surface area contributed by atoms with Gasteiger partial charge < -0.3 is 20.5 Å². The Kier molecular flexibility index (Phi) is 10.3. The van der Waals surface area contributed by atoms with Gasteiger partial charge in [0.05, 0.1) is 18.2 Å². The number of ether oxygens (including phenoxy) is 1. The van der Waals surface area contributed by atoms with Gasteiger partial charge in [-0.3, -0.25) is 4.99 Å². The summed E-state index contributed by atoms with van der Waals surface area (Å²) in [7, 11) is 0. The van der Waals surface area contributed by atoms with Crippen LogP contribution in [0.2, 0.25) is 0 Å². The molecule has 0 unspecified atom stereocenters. The number of nitrogens with zero attached hydrogens (tertiary/aromatic N) is 1. The van der Waals surface area contributed by atoms with Crippen molar-refractivity contribution in [2.75, 3.05) is 26.2 Å². The molecule has 0 atom stereocenters. The summed E-state index contributed by atoms with van der Waals surface area (Å²) in [4.78, 5) is 4.52. The van der Waals surface area contributed by atoms with Crippen molar-refractivity contribution in [3.05, 3.63) is 0 Å². The van der Waals surface area contributed by atoms with Gasteiger partial charge in [-0.15, -0.1) is 0 Å². The first-order valence-corrected chi connectivity index (χ1v) is 9.49. The number of aliphatic imine (C=N–C) groups is 1. The molecule has 0 heterocycles. The fraction of sp³-hybridized carbons (Fsp3) is 0.944. The fourth-order valence-electron chi connectivity index (χ4n) is 2.80. The van der Waals surface area contributed by atoms with Crippen molar-refractivity contribution in [3.8, 4) is 0 Å². The Morgan fingerprint density at radius 3 is 2.43 bits per heavy atom. The van der Waals surface area contributed by atoms with E-state index in [1.807, 2.05) is 13.8 Å². The topological polar surface area (TPSA) is 65.9 Å². The highest BCUT2D eigenvalue weighted by Crippen LogP contribution is 2.20. The van der Waals surface area contributed by atoms with Gasteiger partial charge in [0.2, 0.25) is 0 Å². The first-order valence-electron chi connectivity index (χ1n) is 9.49. The van der Waals surface area contributed by atoms with Gasteiger partial charge in [-0.1, -0.05) is 33.1 Å². The maximum Gasteiger partial charge on any atom is 0.191 e. The number of nitrogens with one attached hydrogen (secondary N) is 2. The third-order valence-corrected chi connectivity index (χ3v) is 4.71. The molecule has 0 aliphatic heterocycles. The van der Waals surface area contributed by atoms with Crippen LogP contribution in [0.15, 0.2) is 4.99 Å². The van der Waals surface area contributed by atoms with Gasteiger partial charge in [0.1, 0.15) is 0 Å². The summed E-state index contributed by atoms with van der Waals surface area (Å²) in [6.07, 6.45) is 9.36. The number of aliphatic hydroxyl groups is 1. The molecule has 1 fully saturated rings. The second-order valence-corrected chi connectivity index (χ2v) is 6.54. The number of rotatable bonds is 10. The van der Waals surface area contributed by atoms with Crippen LogP contribution in [-0.4, -0.2) is 49.0 Å². The molecule has 0 radical (unpaired) electrons. The molecule has 0 aromatic carbocycles. The van der Waals surface area contributed by atoms with E-state index in [4.69, 9.17) is 4.74 Å². The molecule has 0 amide bonds. The van der Waals surface area contributed by atoms with E-state index in [1.165, 1.54) is 32.1 Å². The minimum Gasteiger partial charge on any atom is -0.388 e. The lowest BCUT2D eigenvalue weighted by Crippen LogP contribution is -2.40. The zero-order chi connectivity index (χ0) is 17.0. The van der Waals surface area contributed by atoms with E-state index < -0.39 is 5.60 Å². The van der Waals surface area contributed by atoms with Gasteiger partial charge in [-0.2, -0.15) is 0 Å². The van der Waals surface area contributed by atoms with Crippen molar-refractivity contribution in [2.24, 2.45) is 4.99 Å². The quantitative estimate of drug-likeness (QED) is 0.328. The average molecular weight is 328 g/mol. The Morgan fingerprint density at radius 2 is 1.83 bits per heavy atom. The van der Waals surface area contributed by atoms with Gasteiger partial charge >= 0.3 is 0 Å². The molecule has 1 aliphatic carbocycles. The summed E-state index contributed by atoms with van der Waals surface area (Å²) < 4.78 is 5.93. The smallest absolute Gasteiger partial charge is 0.191 e. The standard InChI is InChI=1S/C18H37N3O2/c1-4-18(22,5-2)15-21-17(19-6-3)20-13-10-14-23-16-11-8-7-9-12-16/h16,22H,4-15H2,1-3H3,(H2,19,20,21). The van der Waals surface area contributed by atoms with Gasteiger partial charge in [-0.05, 0) is 39.0 Å². The maximum absolute atomic E-state index is 10.3. The molecular formula is C18H37N3O2. The molecule has 1 rings (SSSR count). The fourth-order valence-corrected chi connectivity index (χ4v) is 2.80. The van der Waals surface area contributed by atoms with Crippen molar-refractivity contribution < 1.29 is 9.84 Å². The van der Waals surface area contributed by atoms with Crippen LogP contribution in [0.3, 0.4) is 0 Å². The first-order chi connectivity index (χ1) is 11.1. The predicted molar refractivity (Wildman–Crippen MR) is 97.0 cm³/mol. The molecule has 5 heteroatoms. The van der Waals surface area contributed by atoms with Crippen LogP contribution in [0.5, 0.6) is 0 Å². The molecule has 1 aliphatic rings. The van der Waals surface area contributed by atoms with Gasteiger partial charge in [0.25, 0.3) is 0 Å². The zero-order valence-electron chi connectivity index (χ0n) is 15.4. The lowest BCUT2D eigenvalue weighted by atomic mass is 9.98. The first kappa shape index (κ1) is 20.2. The maximum atomic E-state index is 10.3. The number of guanidine groups is 1. The van der Waals surface area contributed by atoms with Crippen LogP contribution in [-0.2, 0) is 4.74 Å². The van der Waals surface area contributed by atoms with E-state index in [1.54, 1.807) is 0 Å². The molecular weight excluding hydrogens is 290 g/mol. The zero-order valence-corrected chi connectivity index (χ0v) is 15.4. The highest BCUT2D eigenvalue weighted by molar-refractivity contribution is 5.79. The van der Waals surface area contributed by atoms with Crippen molar-refractivity contribution in [1.29, 1.82) is 0 Å². The molecule has 3 N–H and O–H groups in total. The summed E-state index contributed by atoms with van der Waals surface area (Å²) in [6, 6.07) is 0. The molecule has 0 spiro atoms. The molecule has 5 nitrogen and oxygen atoms in total. The van der Waals surface area contributed by atoms with Gasteiger partial charge in [0.15, 0.2) is 5.96 Å². The van der Waals surface area contributed by atoms with Crippen LogP contribution >= 0.6 is 0 Å². The normalized spacial score (nSPS) is 17.3. The Labute approximate surface area is 142 Å². The van der Waals surface area contributed by atoms with Gasteiger partial charge in [-0.25, -0.2) is 0 Å². The second-order valence-electron chi connectivity index (χ2n) is 6.54. The molecule has 0 aromatic heterocycles. The lowest BCUT2D eigenvalue weighted by molar-refractivity contribution is 0.0276. The summed E-state index contributed by atoms with van der Waals surface area (Å²) in [5.41, 5.74) is -0.688. The molecule has 136 valence electrons. The van der Waals surface area contributed by atoms with Crippen molar-refractivity contribution in [2.45, 2.75) is 83.8 Å². The Morgan fingerprint density at radius 1 is 1.13 bits per heavy atom. The molecule has 1 saturated carbocycles. The van der Waals surface area contributed by atoms with Crippen molar-refractivity contribution >= 4 is 5.96 Å². The lowest BCUT2D eigenvalue weighted by Gasteiger charge is -2.23. The second kappa shape index (κ2) is 11.7. The SMILES string of the molecule is CCNC(=NCC(O)(CC)CC)NCCCOC1CCCCC1. The largest absolute Gasteiger partial charge is 0.388 e. The van der Waals surface area contributed by atoms with Gasteiger partial charge in [0, 0.05) is 19.7 Å². The third-order valence-electron chi connectivity index (χ3n) is 4.71.